The van der Waals surface area contributed by atoms with Gasteiger partial charge in [-0.2, -0.15) is 8.78 Å². The van der Waals surface area contributed by atoms with Crippen molar-refractivity contribution in [1.82, 2.24) is 9.88 Å². The maximum atomic E-state index is 12.2. The number of hydrogen-bond acceptors (Lipinski definition) is 4. The maximum Gasteiger partial charge on any atom is 0.387 e. The van der Waals surface area contributed by atoms with Crippen LogP contribution in [0.1, 0.15) is 22.8 Å². The van der Waals surface area contributed by atoms with Crippen LogP contribution < -0.4 is 4.74 Å². The Kier molecular flexibility index (Phi) is 5.37. The molecule has 128 valence electrons. The van der Waals surface area contributed by atoms with Gasteiger partial charge in [0, 0.05) is 32.0 Å². The third-order valence-electron chi connectivity index (χ3n) is 3.97. The summed E-state index contributed by atoms with van der Waals surface area (Å²) in [6, 6.07) is 8.79. The fraction of sp³-hybridized carbons (Fsp3) is 0.389. The molecule has 1 saturated heterocycles. The summed E-state index contributed by atoms with van der Waals surface area (Å²) in [4.78, 5) is 6.54. The maximum absolute atomic E-state index is 12.2. The number of benzene rings is 1. The van der Waals surface area contributed by atoms with Crippen LogP contribution in [0.4, 0.5) is 8.78 Å². The Balaban J connectivity index is 1.62. The molecule has 0 bridgehead atoms. The lowest BCUT2D eigenvalue weighted by Gasteiger charge is -2.33. The number of halogens is 2. The van der Waals surface area contributed by atoms with Gasteiger partial charge in [-0.3, -0.25) is 9.88 Å². The molecular formula is C18H20F2N2O2. The highest BCUT2D eigenvalue weighted by atomic mass is 19.3. The second-order valence-corrected chi connectivity index (χ2v) is 5.91. The third kappa shape index (κ3) is 4.49. The minimum Gasteiger partial charge on any atom is -0.435 e. The fourth-order valence-electron chi connectivity index (χ4n) is 2.87. The molecule has 24 heavy (non-hydrogen) atoms. The second-order valence-electron chi connectivity index (χ2n) is 5.91. The van der Waals surface area contributed by atoms with E-state index in [2.05, 4.69) is 20.7 Å². The van der Waals surface area contributed by atoms with E-state index in [-0.39, 0.29) is 11.9 Å². The second kappa shape index (κ2) is 7.68. The number of aromatic nitrogens is 1. The Bertz CT molecular complexity index is 664. The zero-order valence-electron chi connectivity index (χ0n) is 13.5. The Labute approximate surface area is 140 Å². The lowest BCUT2D eigenvalue weighted by atomic mass is 10.1. The highest BCUT2D eigenvalue weighted by Gasteiger charge is 2.22. The summed E-state index contributed by atoms with van der Waals surface area (Å²) in [5.41, 5.74) is 3.28. The summed E-state index contributed by atoms with van der Waals surface area (Å²) < 4.78 is 34.6. The first-order valence-corrected chi connectivity index (χ1v) is 7.89. The van der Waals surface area contributed by atoms with E-state index in [1.807, 2.05) is 19.3 Å². The number of rotatable bonds is 5. The zero-order chi connectivity index (χ0) is 16.9. The molecular weight excluding hydrogens is 314 g/mol. The van der Waals surface area contributed by atoms with Crippen molar-refractivity contribution in [2.75, 3.05) is 19.7 Å². The van der Waals surface area contributed by atoms with Gasteiger partial charge in [-0.15, -0.1) is 0 Å². The molecule has 2 aromatic rings. The molecule has 0 N–H and O–H groups in total. The van der Waals surface area contributed by atoms with Gasteiger partial charge in [0.1, 0.15) is 5.75 Å². The van der Waals surface area contributed by atoms with Gasteiger partial charge in [0.25, 0.3) is 0 Å². The van der Waals surface area contributed by atoms with Gasteiger partial charge < -0.3 is 9.47 Å². The van der Waals surface area contributed by atoms with Crippen LogP contribution in [0.2, 0.25) is 0 Å². The average Bonchev–Trinajstić information content (AvgIpc) is 2.55. The number of alkyl halides is 2. The van der Waals surface area contributed by atoms with Gasteiger partial charge >= 0.3 is 6.61 Å². The molecule has 0 aliphatic carbocycles. The minimum absolute atomic E-state index is 0.0721. The third-order valence-corrected chi connectivity index (χ3v) is 3.97. The summed E-state index contributed by atoms with van der Waals surface area (Å²) in [5.74, 6) is 0.159. The first kappa shape index (κ1) is 16.8. The molecule has 1 aliphatic rings. The van der Waals surface area contributed by atoms with Crippen molar-refractivity contribution >= 4 is 0 Å². The molecule has 3 rings (SSSR count). The highest BCUT2D eigenvalue weighted by Crippen LogP contribution is 2.25. The standard InChI is InChI=1S/C18H20F2N2O2/c1-13-8-14(10-21-9-13)11-22-6-7-23-17(12-22)15-2-4-16(5-3-15)24-18(19)20/h2-5,8-10,17-18H,6-7,11-12H2,1H3/t17-/m0/s1. The fourth-order valence-corrected chi connectivity index (χ4v) is 2.87. The van der Waals surface area contributed by atoms with Crippen LogP contribution in [0.5, 0.6) is 5.75 Å². The highest BCUT2D eigenvalue weighted by molar-refractivity contribution is 5.29. The number of pyridine rings is 1. The predicted molar refractivity (Wildman–Crippen MR) is 86.0 cm³/mol. The topological polar surface area (TPSA) is 34.6 Å². The molecule has 2 heterocycles. The molecule has 1 fully saturated rings. The van der Waals surface area contributed by atoms with Crippen LogP contribution in [0.25, 0.3) is 0 Å². The predicted octanol–water partition coefficient (Wildman–Crippen LogP) is 3.56. The Hall–Kier alpha value is -2.05. The van der Waals surface area contributed by atoms with Crippen molar-refractivity contribution in [3.05, 3.63) is 59.4 Å². The van der Waals surface area contributed by atoms with Crippen LogP contribution in [-0.2, 0) is 11.3 Å². The Morgan fingerprint density at radius 3 is 2.79 bits per heavy atom. The van der Waals surface area contributed by atoms with Crippen LogP contribution in [0.3, 0.4) is 0 Å². The number of nitrogens with zero attached hydrogens (tertiary/aromatic N) is 2. The van der Waals surface area contributed by atoms with Crippen molar-refractivity contribution in [3.8, 4) is 5.75 Å². The van der Waals surface area contributed by atoms with E-state index >= 15 is 0 Å². The van der Waals surface area contributed by atoms with E-state index in [1.54, 1.807) is 24.3 Å². The van der Waals surface area contributed by atoms with Gasteiger partial charge in [-0.25, -0.2) is 0 Å². The van der Waals surface area contributed by atoms with Gasteiger partial charge in [0.2, 0.25) is 0 Å². The van der Waals surface area contributed by atoms with E-state index in [4.69, 9.17) is 4.74 Å². The molecule has 0 saturated carbocycles. The van der Waals surface area contributed by atoms with Crippen molar-refractivity contribution in [1.29, 1.82) is 0 Å². The Morgan fingerprint density at radius 2 is 2.08 bits per heavy atom. The zero-order valence-corrected chi connectivity index (χ0v) is 13.5. The average molecular weight is 334 g/mol. The molecule has 0 spiro atoms. The molecule has 1 aromatic heterocycles. The summed E-state index contributed by atoms with van der Waals surface area (Å²) in [6.07, 6.45) is 3.65. The van der Waals surface area contributed by atoms with Crippen LogP contribution in [0, 0.1) is 6.92 Å². The number of morpholine rings is 1. The number of hydrogen-bond donors (Lipinski definition) is 0. The molecule has 1 aliphatic heterocycles. The monoisotopic (exact) mass is 334 g/mol. The summed E-state index contributed by atoms with van der Waals surface area (Å²) in [5, 5.41) is 0. The van der Waals surface area contributed by atoms with Gasteiger partial charge in [-0.05, 0) is 35.7 Å². The van der Waals surface area contributed by atoms with Crippen molar-refractivity contribution in [2.24, 2.45) is 0 Å². The van der Waals surface area contributed by atoms with Gasteiger partial charge in [0.15, 0.2) is 0 Å². The SMILES string of the molecule is Cc1cncc(CN2CCO[C@H](c3ccc(OC(F)F)cc3)C2)c1. The van der Waals surface area contributed by atoms with Crippen molar-refractivity contribution in [2.45, 2.75) is 26.2 Å². The first-order chi connectivity index (χ1) is 11.6. The summed E-state index contributed by atoms with van der Waals surface area (Å²) >= 11 is 0. The molecule has 0 radical (unpaired) electrons. The van der Waals surface area contributed by atoms with E-state index in [0.29, 0.717) is 6.61 Å². The largest absolute Gasteiger partial charge is 0.435 e. The number of aryl methyl sites for hydroxylation is 1. The van der Waals surface area contributed by atoms with Gasteiger partial charge in [-0.1, -0.05) is 18.2 Å². The first-order valence-electron chi connectivity index (χ1n) is 7.89. The normalized spacial score (nSPS) is 18.8. The molecule has 0 unspecified atom stereocenters. The Morgan fingerprint density at radius 1 is 1.29 bits per heavy atom. The van der Waals surface area contributed by atoms with Crippen molar-refractivity contribution in [3.63, 3.8) is 0 Å². The molecule has 6 heteroatoms. The van der Waals surface area contributed by atoms with Crippen LogP contribution in [-0.4, -0.2) is 36.2 Å². The van der Waals surface area contributed by atoms with E-state index in [9.17, 15) is 8.78 Å². The lowest BCUT2D eigenvalue weighted by Crippen LogP contribution is -2.37. The quantitative estimate of drug-likeness (QED) is 0.837. The van der Waals surface area contributed by atoms with Crippen LogP contribution >= 0.6 is 0 Å². The van der Waals surface area contributed by atoms with Crippen molar-refractivity contribution < 1.29 is 18.3 Å². The summed E-state index contributed by atoms with van der Waals surface area (Å²) in [6.45, 7) is 2.29. The number of ether oxygens (including phenoxy) is 2. The van der Waals surface area contributed by atoms with Gasteiger partial charge in [0.05, 0.1) is 12.7 Å². The van der Waals surface area contributed by atoms with E-state index in [1.165, 1.54) is 5.56 Å². The lowest BCUT2D eigenvalue weighted by molar-refractivity contribution is -0.0500. The molecule has 0 amide bonds. The molecule has 4 nitrogen and oxygen atoms in total. The van der Waals surface area contributed by atoms with E-state index in [0.717, 1.165) is 30.8 Å². The van der Waals surface area contributed by atoms with Crippen LogP contribution in [0.15, 0.2) is 42.7 Å². The minimum atomic E-state index is -2.81. The van der Waals surface area contributed by atoms with E-state index < -0.39 is 6.61 Å². The summed E-state index contributed by atoms with van der Waals surface area (Å²) in [7, 11) is 0. The molecule has 1 atom stereocenters. The smallest absolute Gasteiger partial charge is 0.387 e. The molecule has 1 aromatic carbocycles.